The maximum absolute atomic E-state index is 11.3. The van der Waals surface area contributed by atoms with Crippen LogP contribution in [0, 0.1) is 13.8 Å². The van der Waals surface area contributed by atoms with Crippen molar-refractivity contribution in [3.8, 4) is 5.69 Å². The fourth-order valence-electron chi connectivity index (χ4n) is 1.76. The summed E-state index contributed by atoms with van der Waals surface area (Å²) < 4.78 is 1.61. The van der Waals surface area contributed by atoms with Crippen LogP contribution < -0.4 is 0 Å². The van der Waals surface area contributed by atoms with Crippen LogP contribution >= 0.6 is 11.6 Å². The lowest BCUT2D eigenvalue weighted by molar-refractivity contribution is 0.101. The number of aryl methyl sites for hydroxylation is 1. The SMILES string of the molecule is CC(=O)c1nnn(-c2c(C)cccc2Cl)c1C. The Balaban J connectivity index is 2.66. The molecule has 1 aromatic carbocycles. The standard InChI is InChI=1S/C12H12ClN3O/c1-7-5-4-6-10(13)12(7)16-8(2)11(9(3)17)14-15-16/h4-6H,1-3H3. The molecule has 0 saturated carbocycles. The molecule has 88 valence electrons. The van der Waals surface area contributed by atoms with Gasteiger partial charge in [-0.2, -0.15) is 0 Å². The van der Waals surface area contributed by atoms with E-state index in [0.717, 1.165) is 11.3 Å². The van der Waals surface area contributed by atoms with E-state index in [1.807, 2.05) is 19.1 Å². The summed E-state index contributed by atoms with van der Waals surface area (Å²) in [5, 5.41) is 8.46. The van der Waals surface area contributed by atoms with E-state index in [-0.39, 0.29) is 5.78 Å². The number of Topliss-reactive ketones (excluding diaryl/α,β-unsaturated/α-hetero) is 1. The largest absolute Gasteiger partial charge is 0.293 e. The van der Waals surface area contributed by atoms with Gasteiger partial charge in [0, 0.05) is 6.92 Å². The van der Waals surface area contributed by atoms with Crippen LogP contribution in [0.3, 0.4) is 0 Å². The smallest absolute Gasteiger partial charge is 0.181 e. The Morgan fingerprint density at radius 1 is 1.35 bits per heavy atom. The van der Waals surface area contributed by atoms with Gasteiger partial charge in [0.2, 0.25) is 0 Å². The van der Waals surface area contributed by atoms with Crippen LogP contribution in [-0.2, 0) is 0 Å². The van der Waals surface area contributed by atoms with E-state index < -0.39 is 0 Å². The van der Waals surface area contributed by atoms with Crippen LogP contribution in [0.5, 0.6) is 0 Å². The fraction of sp³-hybridized carbons (Fsp3) is 0.250. The summed E-state index contributed by atoms with van der Waals surface area (Å²) >= 11 is 6.15. The highest BCUT2D eigenvalue weighted by Gasteiger charge is 2.16. The molecule has 4 nitrogen and oxygen atoms in total. The molecule has 0 fully saturated rings. The maximum atomic E-state index is 11.3. The Morgan fingerprint density at radius 3 is 2.59 bits per heavy atom. The summed E-state index contributed by atoms with van der Waals surface area (Å²) in [5.41, 5.74) is 2.84. The molecule has 0 radical (unpaired) electrons. The third-order valence-electron chi connectivity index (χ3n) is 2.63. The summed E-state index contributed by atoms with van der Waals surface area (Å²) in [7, 11) is 0. The maximum Gasteiger partial charge on any atom is 0.181 e. The summed E-state index contributed by atoms with van der Waals surface area (Å²) in [4.78, 5) is 11.3. The second-order valence-corrected chi connectivity index (χ2v) is 4.30. The second-order valence-electron chi connectivity index (χ2n) is 3.90. The molecule has 0 atom stereocenters. The van der Waals surface area contributed by atoms with Crippen LogP contribution in [0.1, 0.15) is 28.7 Å². The molecule has 5 heteroatoms. The van der Waals surface area contributed by atoms with Gasteiger partial charge in [-0.3, -0.25) is 4.79 Å². The Hall–Kier alpha value is -1.68. The van der Waals surface area contributed by atoms with Crippen molar-refractivity contribution in [2.75, 3.05) is 0 Å². The molecule has 17 heavy (non-hydrogen) atoms. The Bertz CT molecular complexity index is 569. The minimum atomic E-state index is -0.0987. The topological polar surface area (TPSA) is 47.8 Å². The molecule has 0 aliphatic carbocycles. The molecule has 0 bridgehead atoms. The van der Waals surface area contributed by atoms with Crippen LogP contribution in [0.15, 0.2) is 18.2 Å². The van der Waals surface area contributed by atoms with Crippen molar-refractivity contribution in [1.29, 1.82) is 0 Å². The molecule has 0 saturated heterocycles. The van der Waals surface area contributed by atoms with Crippen molar-refractivity contribution < 1.29 is 4.79 Å². The van der Waals surface area contributed by atoms with Crippen LogP contribution in [0.4, 0.5) is 0 Å². The lowest BCUT2D eigenvalue weighted by Gasteiger charge is -2.08. The van der Waals surface area contributed by atoms with E-state index in [2.05, 4.69) is 10.3 Å². The van der Waals surface area contributed by atoms with Crippen LogP contribution in [0.2, 0.25) is 5.02 Å². The number of carbonyl (C=O) groups is 1. The molecule has 0 unspecified atom stereocenters. The highest BCUT2D eigenvalue weighted by Crippen LogP contribution is 2.24. The van der Waals surface area contributed by atoms with Crippen molar-refractivity contribution in [2.45, 2.75) is 20.8 Å². The number of carbonyl (C=O) groups excluding carboxylic acids is 1. The number of benzene rings is 1. The minimum absolute atomic E-state index is 0.0987. The molecule has 0 N–H and O–H groups in total. The molecular weight excluding hydrogens is 238 g/mol. The van der Waals surface area contributed by atoms with Gasteiger partial charge in [-0.05, 0) is 25.5 Å². The lowest BCUT2D eigenvalue weighted by atomic mass is 10.2. The predicted octanol–water partition coefficient (Wildman–Crippen LogP) is 2.74. The average molecular weight is 250 g/mol. The molecule has 0 amide bonds. The number of aromatic nitrogens is 3. The van der Waals surface area contributed by atoms with Gasteiger partial charge in [0.15, 0.2) is 11.5 Å². The molecular formula is C12H12ClN3O. The molecule has 0 aliphatic rings. The van der Waals surface area contributed by atoms with Crippen molar-refractivity contribution in [2.24, 2.45) is 0 Å². The van der Waals surface area contributed by atoms with Gasteiger partial charge in [-0.1, -0.05) is 28.9 Å². The fourth-order valence-corrected chi connectivity index (χ4v) is 2.06. The van der Waals surface area contributed by atoms with E-state index in [0.29, 0.717) is 16.4 Å². The van der Waals surface area contributed by atoms with E-state index in [9.17, 15) is 4.79 Å². The van der Waals surface area contributed by atoms with Crippen molar-refractivity contribution in [3.63, 3.8) is 0 Å². The summed E-state index contributed by atoms with van der Waals surface area (Å²) in [5.74, 6) is -0.0987. The number of ketones is 1. The van der Waals surface area contributed by atoms with Gasteiger partial charge in [-0.25, -0.2) is 4.68 Å². The number of hydrogen-bond acceptors (Lipinski definition) is 3. The molecule has 2 rings (SSSR count). The zero-order chi connectivity index (χ0) is 12.6. The first kappa shape index (κ1) is 11.8. The van der Waals surface area contributed by atoms with Crippen molar-refractivity contribution in [3.05, 3.63) is 40.2 Å². The Kier molecular flexibility index (Phi) is 2.98. The van der Waals surface area contributed by atoms with Gasteiger partial charge in [-0.15, -0.1) is 5.10 Å². The highest BCUT2D eigenvalue weighted by atomic mass is 35.5. The summed E-state index contributed by atoms with van der Waals surface area (Å²) in [6, 6.07) is 5.60. The van der Waals surface area contributed by atoms with Gasteiger partial charge in [0.25, 0.3) is 0 Å². The Morgan fingerprint density at radius 2 is 2.06 bits per heavy atom. The zero-order valence-electron chi connectivity index (χ0n) is 9.86. The number of para-hydroxylation sites is 1. The van der Waals surface area contributed by atoms with E-state index >= 15 is 0 Å². The van der Waals surface area contributed by atoms with Crippen molar-refractivity contribution in [1.82, 2.24) is 15.0 Å². The highest BCUT2D eigenvalue weighted by molar-refractivity contribution is 6.32. The number of nitrogens with zero attached hydrogens (tertiary/aromatic N) is 3. The third kappa shape index (κ3) is 1.96. The average Bonchev–Trinajstić information content (AvgIpc) is 2.61. The van der Waals surface area contributed by atoms with E-state index in [1.165, 1.54) is 6.92 Å². The first-order valence-electron chi connectivity index (χ1n) is 5.21. The quantitative estimate of drug-likeness (QED) is 0.769. The van der Waals surface area contributed by atoms with Gasteiger partial charge < -0.3 is 0 Å². The Labute approximate surface area is 104 Å². The number of halogens is 1. The van der Waals surface area contributed by atoms with Gasteiger partial charge >= 0.3 is 0 Å². The van der Waals surface area contributed by atoms with Crippen molar-refractivity contribution >= 4 is 17.4 Å². The van der Waals surface area contributed by atoms with Crippen LogP contribution in [0.25, 0.3) is 5.69 Å². The normalized spacial score (nSPS) is 10.6. The van der Waals surface area contributed by atoms with E-state index in [1.54, 1.807) is 17.7 Å². The number of hydrogen-bond donors (Lipinski definition) is 0. The second kappa shape index (κ2) is 4.30. The summed E-state index contributed by atoms with van der Waals surface area (Å²) in [6.07, 6.45) is 0. The predicted molar refractivity (Wildman–Crippen MR) is 65.8 cm³/mol. The molecule has 1 aromatic heterocycles. The number of rotatable bonds is 2. The molecule has 0 aliphatic heterocycles. The minimum Gasteiger partial charge on any atom is -0.293 e. The summed E-state index contributed by atoms with van der Waals surface area (Å²) in [6.45, 7) is 5.22. The third-order valence-corrected chi connectivity index (χ3v) is 2.93. The van der Waals surface area contributed by atoms with E-state index in [4.69, 9.17) is 11.6 Å². The van der Waals surface area contributed by atoms with Gasteiger partial charge in [0.1, 0.15) is 0 Å². The zero-order valence-corrected chi connectivity index (χ0v) is 10.6. The molecule has 0 spiro atoms. The lowest BCUT2D eigenvalue weighted by Crippen LogP contribution is -2.03. The van der Waals surface area contributed by atoms with Crippen LogP contribution in [-0.4, -0.2) is 20.8 Å². The molecule has 1 heterocycles. The monoisotopic (exact) mass is 249 g/mol. The van der Waals surface area contributed by atoms with Gasteiger partial charge in [0.05, 0.1) is 16.4 Å². The first-order valence-corrected chi connectivity index (χ1v) is 5.59. The molecule has 2 aromatic rings. The first-order chi connectivity index (χ1) is 8.02.